The van der Waals surface area contributed by atoms with Crippen LogP contribution in [0.4, 0.5) is 0 Å². The van der Waals surface area contributed by atoms with Crippen LogP contribution in [0.2, 0.25) is 0 Å². The Hall–Kier alpha value is -0.650. The van der Waals surface area contributed by atoms with Crippen LogP contribution in [-0.4, -0.2) is 62.4 Å². The fourth-order valence-corrected chi connectivity index (χ4v) is 2.49. The molecule has 1 rings (SSSR count). The summed E-state index contributed by atoms with van der Waals surface area (Å²) in [7, 11) is 1.74. The maximum Gasteiger partial charge on any atom is 0.317 e. The number of aliphatic carboxylic acids is 1. The largest absolute Gasteiger partial charge is 0.480 e. The molecule has 1 atom stereocenters. The highest BCUT2D eigenvalue weighted by Gasteiger charge is 2.19. The van der Waals surface area contributed by atoms with Gasteiger partial charge in [0, 0.05) is 20.3 Å². The number of nitrogens with zero attached hydrogens (tertiary/aromatic N) is 1. The van der Waals surface area contributed by atoms with Crippen molar-refractivity contribution in [1.29, 1.82) is 0 Å². The zero-order valence-corrected chi connectivity index (χ0v) is 11.4. The highest BCUT2D eigenvalue weighted by molar-refractivity contribution is 5.68. The molecule has 5 nitrogen and oxygen atoms in total. The van der Waals surface area contributed by atoms with E-state index in [1.54, 1.807) is 7.11 Å². The Morgan fingerprint density at radius 1 is 1.50 bits per heavy atom. The molecule has 0 bridgehead atoms. The molecule has 0 aromatic heterocycles. The van der Waals surface area contributed by atoms with Gasteiger partial charge in [0.25, 0.3) is 0 Å². The molecule has 0 saturated carbocycles. The van der Waals surface area contributed by atoms with Gasteiger partial charge >= 0.3 is 5.97 Å². The fraction of sp³-hybridized carbons (Fsp3) is 0.923. The predicted octanol–water partition coefficient (Wildman–Crippen LogP) is 0.799. The van der Waals surface area contributed by atoms with Crippen LogP contribution >= 0.6 is 0 Å². The lowest BCUT2D eigenvalue weighted by molar-refractivity contribution is -0.136. The number of carboxylic acid groups (broad SMARTS) is 1. The number of nitrogens with one attached hydrogen (secondary N) is 1. The molecule has 0 radical (unpaired) electrons. The molecule has 5 heteroatoms. The molecule has 0 spiro atoms. The van der Waals surface area contributed by atoms with Crippen molar-refractivity contribution in [2.24, 2.45) is 5.92 Å². The maximum absolute atomic E-state index is 10.4. The molecular formula is C13H26N2O3. The summed E-state index contributed by atoms with van der Waals surface area (Å²) in [5.74, 6) is -0.178. The van der Waals surface area contributed by atoms with Gasteiger partial charge in [0.1, 0.15) is 0 Å². The number of methoxy groups -OCH3 is 1. The minimum absolute atomic E-state index is 0.0737. The molecule has 0 aromatic carbocycles. The summed E-state index contributed by atoms with van der Waals surface area (Å²) in [6.07, 6.45) is 4.74. The van der Waals surface area contributed by atoms with Crippen molar-refractivity contribution in [2.75, 3.05) is 46.4 Å². The number of likely N-dealkylation sites (tertiary alicyclic amines) is 1. The number of rotatable bonds is 9. The van der Waals surface area contributed by atoms with Crippen molar-refractivity contribution >= 4 is 5.97 Å². The molecular weight excluding hydrogens is 232 g/mol. The highest BCUT2D eigenvalue weighted by atomic mass is 16.5. The van der Waals surface area contributed by atoms with Crippen LogP contribution in [0.3, 0.4) is 0 Å². The van der Waals surface area contributed by atoms with E-state index in [9.17, 15) is 4.79 Å². The van der Waals surface area contributed by atoms with E-state index in [4.69, 9.17) is 9.84 Å². The number of carboxylic acids is 1. The molecule has 1 saturated heterocycles. The summed E-state index contributed by atoms with van der Waals surface area (Å²) in [6, 6.07) is 0. The Morgan fingerprint density at radius 2 is 2.33 bits per heavy atom. The third kappa shape index (κ3) is 6.93. The number of piperidine rings is 1. The Kier molecular flexibility index (Phi) is 7.96. The lowest BCUT2D eigenvalue weighted by atomic mass is 9.98. The van der Waals surface area contributed by atoms with Crippen LogP contribution in [0.5, 0.6) is 0 Å². The first-order valence-corrected chi connectivity index (χ1v) is 6.86. The summed E-state index contributed by atoms with van der Waals surface area (Å²) in [6.45, 7) is 5.16. The lowest BCUT2D eigenvalue weighted by Gasteiger charge is -2.32. The summed E-state index contributed by atoms with van der Waals surface area (Å²) < 4.78 is 5.04. The van der Waals surface area contributed by atoms with E-state index in [-0.39, 0.29) is 6.54 Å². The van der Waals surface area contributed by atoms with E-state index in [1.165, 1.54) is 25.8 Å². The Balaban J connectivity index is 2.09. The molecule has 106 valence electrons. The van der Waals surface area contributed by atoms with Crippen molar-refractivity contribution in [2.45, 2.75) is 25.7 Å². The van der Waals surface area contributed by atoms with E-state index >= 15 is 0 Å². The average Bonchev–Trinajstić information content (AvgIpc) is 2.35. The number of hydrogen-bond acceptors (Lipinski definition) is 4. The van der Waals surface area contributed by atoms with E-state index in [1.807, 2.05) is 0 Å². The maximum atomic E-state index is 10.4. The zero-order valence-electron chi connectivity index (χ0n) is 11.4. The molecule has 1 aliphatic rings. The minimum atomic E-state index is -0.776. The molecule has 0 aliphatic carbocycles. The van der Waals surface area contributed by atoms with Crippen molar-refractivity contribution in [1.82, 2.24) is 10.2 Å². The van der Waals surface area contributed by atoms with Crippen molar-refractivity contribution in [3.05, 3.63) is 0 Å². The SMILES string of the molecule is COCCCCN1CCCC(CNCC(=O)O)C1. The molecule has 1 unspecified atom stereocenters. The van der Waals surface area contributed by atoms with Gasteiger partial charge in [-0.3, -0.25) is 4.79 Å². The second-order valence-corrected chi connectivity index (χ2v) is 5.03. The molecule has 0 aromatic rings. The van der Waals surface area contributed by atoms with E-state index in [2.05, 4.69) is 10.2 Å². The number of ether oxygens (including phenoxy) is 1. The molecule has 1 heterocycles. The van der Waals surface area contributed by atoms with Gasteiger partial charge in [0.15, 0.2) is 0 Å². The van der Waals surface area contributed by atoms with E-state index in [0.717, 1.165) is 32.7 Å². The van der Waals surface area contributed by atoms with Gasteiger partial charge in [-0.1, -0.05) is 0 Å². The smallest absolute Gasteiger partial charge is 0.317 e. The predicted molar refractivity (Wildman–Crippen MR) is 70.8 cm³/mol. The summed E-state index contributed by atoms with van der Waals surface area (Å²) in [5, 5.41) is 11.6. The zero-order chi connectivity index (χ0) is 13.2. The average molecular weight is 258 g/mol. The first-order chi connectivity index (χ1) is 8.72. The van der Waals surface area contributed by atoms with Crippen molar-refractivity contribution < 1.29 is 14.6 Å². The summed E-state index contributed by atoms with van der Waals surface area (Å²) in [5.41, 5.74) is 0. The summed E-state index contributed by atoms with van der Waals surface area (Å²) in [4.78, 5) is 12.9. The molecule has 18 heavy (non-hydrogen) atoms. The van der Waals surface area contributed by atoms with Crippen molar-refractivity contribution in [3.8, 4) is 0 Å². The molecule has 2 N–H and O–H groups in total. The third-order valence-electron chi connectivity index (χ3n) is 3.39. The highest BCUT2D eigenvalue weighted by Crippen LogP contribution is 2.16. The van der Waals surface area contributed by atoms with Gasteiger partial charge in [-0.2, -0.15) is 0 Å². The number of carbonyl (C=O) groups is 1. The van der Waals surface area contributed by atoms with Gasteiger partial charge in [0.2, 0.25) is 0 Å². The first-order valence-electron chi connectivity index (χ1n) is 6.86. The van der Waals surface area contributed by atoms with Crippen LogP contribution < -0.4 is 5.32 Å². The van der Waals surface area contributed by atoms with Gasteiger partial charge in [-0.15, -0.1) is 0 Å². The van der Waals surface area contributed by atoms with E-state index < -0.39 is 5.97 Å². The van der Waals surface area contributed by atoms with Crippen LogP contribution in [0.25, 0.3) is 0 Å². The van der Waals surface area contributed by atoms with Gasteiger partial charge < -0.3 is 20.1 Å². The topological polar surface area (TPSA) is 61.8 Å². The van der Waals surface area contributed by atoms with Crippen LogP contribution in [0.15, 0.2) is 0 Å². The van der Waals surface area contributed by atoms with Crippen LogP contribution in [-0.2, 0) is 9.53 Å². The second kappa shape index (κ2) is 9.30. The Bertz CT molecular complexity index is 236. The van der Waals surface area contributed by atoms with Crippen LogP contribution in [0.1, 0.15) is 25.7 Å². The quantitative estimate of drug-likeness (QED) is 0.599. The van der Waals surface area contributed by atoms with Crippen LogP contribution in [0, 0.1) is 5.92 Å². The van der Waals surface area contributed by atoms with Gasteiger partial charge in [0.05, 0.1) is 6.54 Å². The third-order valence-corrected chi connectivity index (χ3v) is 3.39. The monoisotopic (exact) mass is 258 g/mol. The summed E-state index contributed by atoms with van der Waals surface area (Å²) >= 11 is 0. The number of hydrogen-bond donors (Lipinski definition) is 2. The molecule has 0 amide bonds. The van der Waals surface area contributed by atoms with E-state index in [0.29, 0.717) is 5.92 Å². The molecule has 1 aliphatic heterocycles. The molecule has 1 fully saturated rings. The van der Waals surface area contributed by atoms with Gasteiger partial charge in [-0.25, -0.2) is 0 Å². The minimum Gasteiger partial charge on any atom is -0.480 e. The first kappa shape index (κ1) is 15.4. The van der Waals surface area contributed by atoms with Gasteiger partial charge in [-0.05, 0) is 51.2 Å². The fourth-order valence-electron chi connectivity index (χ4n) is 2.49. The normalized spacial score (nSPS) is 21.1. The number of unbranched alkanes of at least 4 members (excludes halogenated alkanes) is 1. The standard InChI is InChI=1S/C13H26N2O3/c1-18-8-3-2-6-15-7-4-5-12(11-15)9-14-10-13(16)17/h12,14H,2-11H2,1H3,(H,16,17). The van der Waals surface area contributed by atoms with Crippen molar-refractivity contribution in [3.63, 3.8) is 0 Å². The Morgan fingerprint density at radius 3 is 3.06 bits per heavy atom. The second-order valence-electron chi connectivity index (χ2n) is 5.03. The lowest BCUT2D eigenvalue weighted by Crippen LogP contribution is -2.40. The Labute approximate surface area is 109 Å².